The molecule has 1 amide bonds. The van der Waals surface area contributed by atoms with Crippen molar-refractivity contribution >= 4 is 5.91 Å². The summed E-state index contributed by atoms with van der Waals surface area (Å²) in [7, 11) is 1.83. The maximum Gasteiger partial charge on any atom is 0.236 e. The highest BCUT2D eigenvalue weighted by atomic mass is 16.3. The van der Waals surface area contributed by atoms with Gasteiger partial charge in [-0.15, -0.1) is 0 Å². The second kappa shape index (κ2) is 5.00. The number of carbonyl (C=O) groups excluding carboxylic acids is 1. The molecule has 0 aromatic carbocycles. The molecular weight excluding hydrogens is 240 g/mol. The van der Waals surface area contributed by atoms with Crippen molar-refractivity contribution in [1.29, 1.82) is 0 Å². The summed E-state index contributed by atoms with van der Waals surface area (Å²) in [5.74, 6) is 3.45. The molecule has 104 valence electrons. The lowest BCUT2D eigenvalue weighted by molar-refractivity contribution is -0.129. The molecule has 2 unspecified atom stereocenters. The summed E-state index contributed by atoms with van der Waals surface area (Å²) in [6.45, 7) is 3.24. The Kier molecular flexibility index (Phi) is 3.35. The quantitative estimate of drug-likeness (QED) is 0.854. The maximum absolute atomic E-state index is 11.9. The van der Waals surface area contributed by atoms with E-state index in [4.69, 9.17) is 4.42 Å². The first-order chi connectivity index (χ1) is 9.13. The van der Waals surface area contributed by atoms with Gasteiger partial charge in [0.15, 0.2) is 0 Å². The molecule has 2 aliphatic rings. The molecule has 2 aliphatic carbocycles. The number of hydrogen-bond acceptors (Lipinski definition) is 3. The molecule has 1 aromatic heterocycles. The van der Waals surface area contributed by atoms with Gasteiger partial charge in [0.1, 0.15) is 11.5 Å². The number of amides is 1. The minimum absolute atomic E-state index is 0.129. The van der Waals surface area contributed by atoms with Gasteiger partial charge in [0, 0.05) is 19.0 Å². The number of furan rings is 1. The van der Waals surface area contributed by atoms with Crippen LogP contribution in [0.4, 0.5) is 0 Å². The predicted molar refractivity (Wildman–Crippen MR) is 72.7 cm³/mol. The van der Waals surface area contributed by atoms with Crippen molar-refractivity contribution < 1.29 is 9.21 Å². The molecule has 4 heteroatoms. The molecule has 0 saturated heterocycles. The van der Waals surface area contributed by atoms with Crippen molar-refractivity contribution in [3.8, 4) is 0 Å². The third kappa shape index (κ3) is 3.18. The second-order valence-corrected chi connectivity index (χ2v) is 6.03. The topological polar surface area (TPSA) is 45.5 Å². The van der Waals surface area contributed by atoms with Gasteiger partial charge in [-0.2, -0.15) is 0 Å². The molecule has 1 heterocycles. The number of nitrogens with zero attached hydrogens (tertiary/aromatic N) is 1. The van der Waals surface area contributed by atoms with E-state index in [2.05, 4.69) is 18.3 Å². The molecule has 0 radical (unpaired) electrons. The molecule has 1 N–H and O–H groups in total. The Hall–Kier alpha value is -1.29. The van der Waals surface area contributed by atoms with Crippen LogP contribution in [0.3, 0.4) is 0 Å². The zero-order valence-corrected chi connectivity index (χ0v) is 11.7. The largest absolute Gasteiger partial charge is 0.464 e. The first-order valence-corrected chi connectivity index (χ1v) is 7.19. The van der Waals surface area contributed by atoms with Gasteiger partial charge in [0.05, 0.1) is 13.1 Å². The van der Waals surface area contributed by atoms with Gasteiger partial charge in [0.25, 0.3) is 0 Å². The zero-order chi connectivity index (χ0) is 13.4. The third-order valence-electron chi connectivity index (χ3n) is 4.10. The summed E-state index contributed by atoms with van der Waals surface area (Å²) in [6, 6.07) is 4.63. The van der Waals surface area contributed by atoms with Gasteiger partial charge >= 0.3 is 0 Å². The van der Waals surface area contributed by atoms with E-state index < -0.39 is 0 Å². The summed E-state index contributed by atoms with van der Waals surface area (Å²) in [4.78, 5) is 13.6. The normalized spacial score (nSPS) is 25.4. The molecule has 19 heavy (non-hydrogen) atoms. The fourth-order valence-corrected chi connectivity index (χ4v) is 2.37. The zero-order valence-electron chi connectivity index (χ0n) is 11.7. The van der Waals surface area contributed by atoms with Crippen molar-refractivity contribution in [3.63, 3.8) is 0 Å². The van der Waals surface area contributed by atoms with Crippen LogP contribution in [-0.4, -0.2) is 30.4 Å². The minimum Gasteiger partial charge on any atom is -0.464 e. The lowest BCUT2D eigenvalue weighted by atomic mass is 10.3. The molecule has 2 fully saturated rings. The van der Waals surface area contributed by atoms with Crippen LogP contribution >= 0.6 is 0 Å². The van der Waals surface area contributed by atoms with E-state index in [1.165, 1.54) is 19.3 Å². The summed E-state index contributed by atoms with van der Waals surface area (Å²) < 4.78 is 5.82. The Morgan fingerprint density at radius 1 is 1.47 bits per heavy atom. The SMILES string of the molecule is CC1CC1c1ccc(CN(C)C(=O)CNC2CC2)o1. The molecule has 0 aliphatic heterocycles. The highest BCUT2D eigenvalue weighted by Crippen LogP contribution is 2.47. The van der Waals surface area contributed by atoms with Gasteiger partial charge in [0.2, 0.25) is 5.91 Å². The van der Waals surface area contributed by atoms with Gasteiger partial charge in [-0.25, -0.2) is 0 Å². The fourth-order valence-electron chi connectivity index (χ4n) is 2.37. The van der Waals surface area contributed by atoms with E-state index in [0.717, 1.165) is 17.4 Å². The van der Waals surface area contributed by atoms with Crippen LogP contribution in [0, 0.1) is 5.92 Å². The van der Waals surface area contributed by atoms with Crippen LogP contribution in [0.5, 0.6) is 0 Å². The van der Waals surface area contributed by atoms with E-state index >= 15 is 0 Å². The van der Waals surface area contributed by atoms with Crippen molar-refractivity contribution in [3.05, 3.63) is 23.7 Å². The van der Waals surface area contributed by atoms with Gasteiger partial charge in [-0.05, 0) is 37.3 Å². The van der Waals surface area contributed by atoms with Gasteiger partial charge in [-0.1, -0.05) is 6.92 Å². The summed E-state index contributed by atoms with van der Waals surface area (Å²) >= 11 is 0. The average Bonchev–Trinajstić information content (AvgIpc) is 3.29. The maximum atomic E-state index is 11.9. The predicted octanol–water partition coefficient (Wildman–Crippen LogP) is 2.11. The van der Waals surface area contributed by atoms with Crippen LogP contribution < -0.4 is 5.32 Å². The number of carbonyl (C=O) groups is 1. The highest BCUT2D eigenvalue weighted by Gasteiger charge is 2.36. The van der Waals surface area contributed by atoms with Crippen LogP contribution in [0.1, 0.15) is 43.6 Å². The van der Waals surface area contributed by atoms with E-state index in [1.54, 1.807) is 4.90 Å². The highest BCUT2D eigenvalue weighted by molar-refractivity contribution is 5.77. The number of likely N-dealkylation sites (N-methyl/N-ethyl adjacent to an activating group) is 1. The summed E-state index contributed by atoms with van der Waals surface area (Å²) in [6.07, 6.45) is 3.64. The Labute approximate surface area is 114 Å². The third-order valence-corrected chi connectivity index (χ3v) is 4.10. The summed E-state index contributed by atoms with van der Waals surface area (Å²) in [5.41, 5.74) is 0. The molecule has 0 bridgehead atoms. The van der Waals surface area contributed by atoms with Crippen LogP contribution in [0.2, 0.25) is 0 Å². The van der Waals surface area contributed by atoms with Crippen LogP contribution in [0.15, 0.2) is 16.5 Å². The van der Waals surface area contributed by atoms with E-state index in [9.17, 15) is 4.79 Å². The molecule has 1 aromatic rings. The van der Waals surface area contributed by atoms with Crippen molar-refractivity contribution in [2.75, 3.05) is 13.6 Å². The van der Waals surface area contributed by atoms with E-state index in [1.807, 2.05) is 13.1 Å². The van der Waals surface area contributed by atoms with Gasteiger partial charge < -0.3 is 14.6 Å². The Balaban J connectivity index is 1.48. The Morgan fingerprint density at radius 3 is 2.84 bits per heavy atom. The van der Waals surface area contributed by atoms with Crippen LogP contribution in [0.25, 0.3) is 0 Å². The molecular formula is C15H22N2O2. The van der Waals surface area contributed by atoms with Crippen molar-refractivity contribution in [2.45, 2.75) is 44.7 Å². The number of rotatable bonds is 6. The molecule has 2 atom stereocenters. The van der Waals surface area contributed by atoms with Crippen molar-refractivity contribution in [2.24, 2.45) is 5.92 Å². The lowest BCUT2D eigenvalue weighted by Gasteiger charge is -2.16. The molecule has 0 spiro atoms. The molecule has 4 nitrogen and oxygen atoms in total. The second-order valence-electron chi connectivity index (χ2n) is 6.03. The smallest absolute Gasteiger partial charge is 0.236 e. The van der Waals surface area contributed by atoms with Crippen LogP contribution in [-0.2, 0) is 11.3 Å². The lowest BCUT2D eigenvalue weighted by Crippen LogP contribution is -2.35. The number of hydrogen-bond donors (Lipinski definition) is 1. The Morgan fingerprint density at radius 2 is 2.21 bits per heavy atom. The minimum atomic E-state index is 0.129. The van der Waals surface area contributed by atoms with E-state index in [-0.39, 0.29) is 5.91 Å². The fraction of sp³-hybridized carbons (Fsp3) is 0.667. The monoisotopic (exact) mass is 262 g/mol. The average molecular weight is 262 g/mol. The molecule has 2 saturated carbocycles. The van der Waals surface area contributed by atoms with Crippen molar-refractivity contribution in [1.82, 2.24) is 10.2 Å². The first-order valence-electron chi connectivity index (χ1n) is 7.19. The first kappa shape index (κ1) is 12.7. The van der Waals surface area contributed by atoms with E-state index in [0.29, 0.717) is 25.0 Å². The van der Waals surface area contributed by atoms with Gasteiger partial charge in [-0.3, -0.25) is 4.79 Å². The summed E-state index contributed by atoms with van der Waals surface area (Å²) in [5, 5.41) is 3.24. The number of nitrogens with one attached hydrogen (secondary N) is 1. The molecule has 3 rings (SSSR count). The Bertz CT molecular complexity index is 464. The standard InChI is InChI=1S/C15H22N2O2/c1-10-7-13(10)14-6-5-12(19-14)9-17(2)15(18)8-16-11-3-4-11/h5-6,10-11,13,16H,3-4,7-9H2,1-2H3.